The highest BCUT2D eigenvalue weighted by atomic mass is 16.2. The van der Waals surface area contributed by atoms with Crippen LogP contribution in [0.4, 0.5) is 23.1 Å². The van der Waals surface area contributed by atoms with E-state index < -0.39 is 0 Å². The van der Waals surface area contributed by atoms with E-state index >= 15 is 0 Å². The van der Waals surface area contributed by atoms with Gasteiger partial charge in [0.1, 0.15) is 11.4 Å². The van der Waals surface area contributed by atoms with Crippen molar-refractivity contribution in [2.45, 2.75) is 31.7 Å². The van der Waals surface area contributed by atoms with Gasteiger partial charge in [-0.25, -0.2) is 10.8 Å². The number of likely N-dealkylation sites (N-methyl/N-ethyl adjacent to an activating group) is 1. The third-order valence-corrected chi connectivity index (χ3v) is 8.85. The second kappa shape index (κ2) is 12.2. The lowest BCUT2D eigenvalue weighted by Gasteiger charge is -2.46. The highest BCUT2D eigenvalue weighted by Gasteiger charge is 2.39. The zero-order valence-corrected chi connectivity index (χ0v) is 25.1. The van der Waals surface area contributed by atoms with E-state index in [1.165, 1.54) is 16.1 Å². The van der Waals surface area contributed by atoms with E-state index in [0.29, 0.717) is 49.2 Å². The minimum atomic E-state index is -0.142. The molecule has 6 N–H and O–H groups in total. The summed E-state index contributed by atoms with van der Waals surface area (Å²) in [6.45, 7) is 7.41. The summed E-state index contributed by atoms with van der Waals surface area (Å²) in [4.78, 5) is 28.7. The van der Waals surface area contributed by atoms with Crippen molar-refractivity contribution in [1.82, 2.24) is 20.2 Å². The number of anilines is 4. The molecule has 3 aliphatic rings. The molecule has 1 amide bonds. The highest BCUT2D eigenvalue weighted by molar-refractivity contribution is 6.10. The third kappa shape index (κ3) is 5.88. The van der Waals surface area contributed by atoms with E-state index in [2.05, 4.69) is 49.8 Å². The minimum Gasteiger partial charge on any atom is -0.400 e. The normalized spacial score (nSPS) is 18.7. The SMILES string of the molecule is CCNc1ncc2c(n1)N(C)CCN(c1cccc(N(N)/C=C(\N)CN3CCC4(CC3)NCCc3ccccc34)c1)C2=O. The monoisotopic (exact) mass is 582 g/mol. The number of hydrogen-bond donors (Lipinski definition) is 4. The van der Waals surface area contributed by atoms with Crippen molar-refractivity contribution in [2.24, 2.45) is 11.6 Å². The molecular formula is C32H42N10O. The van der Waals surface area contributed by atoms with Crippen LogP contribution in [0.15, 0.2) is 66.6 Å². The van der Waals surface area contributed by atoms with Gasteiger partial charge in [-0.05, 0) is 55.5 Å². The molecule has 11 heteroatoms. The van der Waals surface area contributed by atoms with Gasteiger partial charge < -0.3 is 26.2 Å². The summed E-state index contributed by atoms with van der Waals surface area (Å²) in [6.07, 6.45) is 6.57. The Hall–Kier alpha value is -4.19. The number of carbonyl (C=O) groups excluding carboxylic acids is 1. The first-order valence-corrected chi connectivity index (χ1v) is 15.2. The molecule has 1 saturated heterocycles. The molecule has 0 unspecified atom stereocenters. The van der Waals surface area contributed by atoms with Gasteiger partial charge in [0.2, 0.25) is 5.95 Å². The van der Waals surface area contributed by atoms with Crippen LogP contribution in [-0.2, 0) is 12.0 Å². The fourth-order valence-electron chi connectivity index (χ4n) is 6.56. The molecule has 43 heavy (non-hydrogen) atoms. The fraction of sp³-hybridized carbons (Fsp3) is 0.406. The van der Waals surface area contributed by atoms with Gasteiger partial charge >= 0.3 is 0 Å². The van der Waals surface area contributed by atoms with Crippen molar-refractivity contribution in [2.75, 3.05) is 73.0 Å². The third-order valence-electron chi connectivity index (χ3n) is 8.85. The minimum absolute atomic E-state index is 0.0606. The number of hydrogen-bond acceptors (Lipinski definition) is 10. The number of hydrazine groups is 1. The number of carbonyl (C=O) groups is 1. The lowest BCUT2D eigenvalue weighted by atomic mass is 9.76. The number of benzene rings is 2. The molecule has 6 rings (SSSR count). The average molecular weight is 583 g/mol. The van der Waals surface area contributed by atoms with Crippen LogP contribution in [0.2, 0.25) is 0 Å². The molecule has 1 fully saturated rings. The van der Waals surface area contributed by atoms with Gasteiger partial charge in [-0.2, -0.15) is 4.98 Å². The topological polar surface area (TPSA) is 132 Å². The number of amides is 1. The summed E-state index contributed by atoms with van der Waals surface area (Å²) in [5, 5.41) is 8.49. The van der Waals surface area contributed by atoms with Crippen molar-refractivity contribution < 1.29 is 4.79 Å². The molecule has 1 spiro atoms. The number of nitrogens with one attached hydrogen (secondary N) is 2. The second-order valence-corrected chi connectivity index (χ2v) is 11.7. The Labute approximate surface area is 253 Å². The number of piperidine rings is 1. The molecule has 4 heterocycles. The van der Waals surface area contributed by atoms with Crippen molar-refractivity contribution in [3.63, 3.8) is 0 Å². The zero-order chi connectivity index (χ0) is 30.0. The van der Waals surface area contributed by atoms with E-state index in [1.54, 1.807) is 17.3 Å². The predicted octanol–water partition coefficient (Wildman–Crippen LogP) is 2.62. The van der Waals surface area contributed by atoms with Crippen molar-refractivity contribution >= 4 is 29.0 Å². The Morgan fingerprint density at radius 3 is 2.77 bits per heavy atom. The van der Waals surface area contributed by atoms with Gasteiger partial charge in [0, 0.05) is 82.2 Å². The summed E-state index contributed by atoms with van der Waals surface area (Å²) in [5.74, 6) is 7.48. The van der Waals surface area contributed by atoms with Crippen molar-refractivity contribution in [3.8, 4) is 0 Å². The van der Waals surface area contributed by atoms with Crippen LogP contribution >= 0.6 is 0 Å². The Morgan fingerprint density at radius 1 is 1.14 bits per heavy atom. The van der Waals surface area contributed by atoms with Crippen LogP contribution in [0, 0.1) is 0 Å². The number of rotatable bonds is 7. The zero-order valence-electron chi connectivity index (χ0n) is 25.1. The van der Waals surface area contributed by atoms with Crippen LogP contribution in [0.25, 0.3) is 0 Å². The molecular weight excluding hydrogens is 540 g/mol. The first-order chi connectivity index (χ1) is 20.9. The molecule has 1 aromatic heterocycles. The molecule has 3 aromatic rings. The molecule has 0 saturated carbocycles. The standard InChI is InChI=1S/C32H42N10O/c1-3-35-31-36-20-27-29(38-31)39(2)17-18-41(30(27)43)25-8-6-9-26(19-25)42(34)22-24(33)21-40-15-12-32(13-16-40)28-10-5-4-7-23(28)11-14-37-32/h4-10,19-20,22,37H,3,11-18,21,33-34H2,1-2H3,(H,35,36,38)/b24-22-. The largest absolute Gasteiger partial charge is 0.400 e. The van der Waals surface area contributed by atoms with E-state index in [9.17, 15) is 4.79 Å². The van der Waals surface area contributed by atoms with Gasteiger partial charge in [0.05, 0.1) is 5.69 Å². The van der Waals surface area contributed by atoms with Gasteiger partial charge in [-0.15, -0.1) is 0 Å². The van der Waals surface area contributed by atoms with Crippen LogP contribution < -0.4 is 37.0 Å². The van der Waals surface area contributed by atoms with Crippen molar-refractivity contribution in [1.29, 1.82) is 0 Å². The molecule has 226 valence electrons. The van der Waals surface area contributed by atoms with Crippen molar-refractivity contribution in [3.05, 3.63) is 83.3 Å². The lowest BCUT2D eigenvalue weighted by molar-refractivity contribution is 0.0989. The number of fused-ring (bicyclic) bond motifs is 3. The molecule has 11 nitrogen and oxygen atoms in total. The number of nitrogens with two attached hydrogens (primary N) is 2. The second-order valence-electron chi connectivity index (χ2n) is 11.7. The van der Waals surface area contributed by atoms with E-state index in [4.69, 9.17) is 11.6 Å². The summed E-state index contributed by atoms with van der Waals surface area (Å²) in [7, 11) is 1.94. The molecule has 0 radical (unpaired) electrons. The molecule has 0 aliphatic carbocycles. The van der Waals surface area contributed by atoms with Gasteiger partial charge in [0.25, 0.3) is 5.91 Å². The fourth-order valence-corrected chi connectivity index (χ4v) is 6.56. The summed E-state index contributed by atoms with van der Waals surface area (Å²) >= 11 is 0. The van der Waals surface area contributed by atoms with Crippen LogP contribution in [0.5, 0.6) is 0 Å². The van der Waals surface area contributed by atoms with E-state index in [0.717, 1.165) is 50.3 Å². The maximum Gasteiger partial charge on any atom is 0.263 e. The number of likely N-dealkylation sites (tertiary alicyclic amines) is 1. The Morgan fingerprint density at radius 2 is 1.95 bits per heavy atom. The number of aromatic nitrogens is 2. The lowest BCUT2D eigenvalue weighted by Crippen LogP contribution is -2.54. The molecule has 0 atom stereocenters. The average Bonchev–Trinajstić information content (AvgIpc) is 3.14. The Balaban J connectivity index is 1.12. The maximum atomic E-state index is 13.6. The quantitative estimate of drug-likeness (QED) is 0.244. The summed E-state index contributed by atoms with van der Waals surface area (Å²) in [6, 6.07) is 16.5. The van der Waals surface area contributed by atoms with Gasteiger partial charge in [-0.3, -0.25) is 14.7 Å². The first-order valence-electron chi connectivity index (χ1n) is 15.2. The smallest absolute Gasteiger partial charge is 0.263 e. The van der Waals surface area contributed by atoms with Crippen LogP contribution in [-0.4, -0.2) is 73.6 Å². The summed E-state index contributed by atoms with van der Waals surface area (Å²) < 4.78 is 0. The number of nitrogens with zero attached hydrogens (tertiary/aromatic N) is 6. The van der Waals surface area contributed by atoms with E-state index in [1.807, 2.05) is 43.1 Å². The molecule has 3 aliphatic heterocycles. The van der Waals surface area contributed by atoms with Gasteiger partial charge in [-0.1, -0.05) is 30.3 Å². The van der Waals surface area contributed by atoms with Gasteiger partial charge in [0.15, 0.2) is 0 Å². The van der Waals surface area contributed by atoms with Crippen LogP contribution in [0.1, 0.15) is 41.3 Å². The predicted molar refractivity (Wildman–Crippen MR) is 172 cm³/mol. The summed E-state index contributed by atoms with van der Waals surface area (Å²) in [5.41, 5.74) is 12.2. The van der Waals surface area contributed by atoms with E-state index in [-0.39, 0.29) is 11.4 Å². The first kappa shape index (κ1) is 28.9. The highest BCUT2D eigenvalue weighted by Crippen LogP contribution is 2.37. The Bertz CT molecular complexity index is 1500. The molecule has 0 bridgehead atoms. The van der Waals surface area contributed by atoms with Crippen LogP contribution in [0.3, 0.4) is 0 Å². The Kier molecular flexibility index (Phi) is 8.20. The maximum absolute atomic E-state index is 13.6. The molecule has 2 aromatic carbocycles.